The molecule has 0 saturated carbocycles. The molecule has 0 unspecified atom stereocenters. The molecule has 0 saturated heterocycles. The molecule has 168 valence electrons. The van der Waals surface area contributed by atoms with Gasteiger partial charge in [-0.2, -0.15) is 0 Å². The maximum absolute atomic E-state index is 15.0. The maximum Gasteiger partial charge on any atom is 0.238 e. The fourth-order valence-corrected chi connectivity index (χ4v) is 4.62. The molecule has 0 spiro atoms. The molecule has 0 atom stereocenters. The highest BCUT2D eigenvalue weighted by Gasteiger charge is 2.22. The largest absolute Gasteiger partial charge is 0.287 e. The van der Waals surface area contributed by atoms with Crippen LogP contribution in [0.1, 0.15) is 28.3 Å². The summed E-state index contributed by atoms with van der Waals surface area (Å²) in [5.41, 5.74) is 3.70. The monoisotopic (exact) mass is 463 g/mol. The third-order valence-electron chi connectivity index (χ3n) is 5.67. The highest BCUT2D eigenvalue weighted by molar-refractivity contribution is 7.89. The van der Waals surface area contributed by atoms with Crippen LogP contribution in [-0.4, -0.2) is 28.1 Å². The average Bonchev–Trinajstić information content (AvgIpc) is 3.37. The van der Waals surface area contributed by atoms with Crippen molar-refractivity contribution in [1.29, 1.82) is 0 Å². The molecule has 1 aliphatic heterocycles. The lowest BCUT2D eigenvalue weighted by Gasteiger charge is -2.11. The summed E-state index contributed by atoms with van der Waals surface area (Å²) < 4.78 is 39.6. The molecule has 0 aliphatic carbocycles. The van der Waals surface area contributed by atoms with Crippen LogP contribution < -0.4 is 5.14 Å². The molecule has 9 heteroatoms. The maximum atomic E-state index is 15.0. The van der Waals surface area contributed by atoms with Gasteiger partial charge in [0.25, 0.3) is 0 Å². The van der Waals surface area contributed by atoms with Gasteiger partial charge in [0.2, 0.25) is 10.0 Å². The lowest BCUT2D eigenvalue weighted by atomic mass is 10.1. The number of sulfonamides is 1. The van der Waals surface area contributed by atoms with Gasteiger partial charge in [-0.15, -0.1) is 5.10 Å². The number of rotatable bonds is 6. The van der Waals surface area contributed by atoms with Crippen LogP contribution in [0.25, 0.3) is 5.69 Å². The van der Waals surface area contributed by atoms with E-state index in [0.717, 1.165) is 24.7 Å². The summed E-state index contributed by atoms with van der Waals surface area (Å²) in [4.78, 5) is 6.67. The molecule has 4 aromatic rings. The van der Waals surface area contributed by atoms with E-state index in [9.17, 15) is 12.8 Å². The molecule has 0 radical (unpaired) electrons. The Hall–Kier alpha value is -3.40. The Balaban J connectivity index is 1.49. The van der Waals surface area contributed by atoms with Crippen molar-refractivity contribution < 1.29 is 12.8 Å². The Labute approximate surface area is 191 Å². The van der Waals surface area contributed by atoms with Crippen molar-refractivity contribution in [1.82, 2.24) is 19.7 Å². The highest BCUT2D eigenvalue weighted by atomic mass is 32.2. The first-order chi connectivity index (χ1) is 15.9. The van der Waals surface area contributed by atoms with E-state index in [-0.39, 0.29) is 10.6 Å². The van der Waals surface area contributed by atoms with E-state index < -0.39 is 15.8 Å². The van der Waals surface area contributed by atoms with Crippen LogP contribution in [0, 0.1) is 5.82 Å². The van der Waals surface area contributed by atoms with Gasteiger partial charge >= 0.3 is 0 Å². The molecule has 1 aromatic heterocycles. The molecular weight excluding hydrogens is 441 g/mol. The zero-order valence-electron chi connectivity index (χ0n) is 17.7. The molecule has 2 heterocycles. The fourth-order valence-electron chi connectivity index (χ4n) is 4.10. The molecule has 33 heavy (non-hydrogen) atoms. The normalized spacial score (nSPS) is 13.9. The topological polar surface area (TPSA) is 94.1 Å². The first-order valence-electron chi connectivity index (χ1n) is 10.5. The second-order valence-corrected chi connectivity index (χ2v) is 9.65. The molecular formula is C24H22FN5O2S. The second kappa shape index (κ2) is 8.51. The molecule has 0 fully saturated rings. The van der Waals surface area contributed by atoms with Crippen molar-refractivity contribution in [3.8, 4) is 5.69 Å². The van der Waals surface area contributed by atoms with Crippen molar-refractivity contribution in [2.75, 3.05) is 0 Å². The SMILES string of the molecule is NS(=O)(=O)c1ccc(-n2nc(CN3Cc4ccccc4C3)nc2Cc2ccccc2)c(F)c1. The van der Waals surface area contributed by atoms with Gasteiger partial charge in [0, 0.05) is 19.5 Å². The number of hydrogen-bond acceptors (Lipinski definition) is 5. The fraction of sp³-hybridized carbons (Fsp3) is 0.167. The Morgan fingerprint density at radius 1 is 0.939 bits per heavy atom. The van der Waals surface area contributed by atoms with Gasteiger partial charge in [0.1, 0.15) is 17.3 Å². The smallest absolute Gasteiger partial charge is 0.238 e. The van der Waals surface area contributed by atoms with Crippen LogP contribution in [0.2, 0.25) is 0 Å². The van der Waals surface area contributed by atoms with Crippen LogP contribution in [0.15, 0.2) is 77.7 Å². The Morgan fingerprint density at radius 2 is 1.61 bits per heavy atom. The van der Waals surface area contributed by atoms with E-state index >= 15 is 0 Å². The highest BCUT2D eigenvalue weighted by Crippen LogP contribution is 2.25. The van der Waals surface area contributed by atoms with Crippen molar-refractivity contribution in [2.45, 2.75) is 31.0 Å². The van der Waals surface area contributed by atoms with Gasteiger partial charge in [-0.3, -0.25) is 4.90 Å². The minimum atomic E-state index is -4.01. The van der Waals surface area contributed by atoms with E-state index in [1.165, 1.54) is 27.9 Å². The number of aromatic nitrogens is 3. The lowest BCUT2D eigenvalue weighted by Crippen LogP contribution is -2.17. The molecule has 7 nitrogen and oxygen atoms in total. The minimum Gasteiger partial charge on any atom is -0.287 e. The van der Waals surface area contributed by atoms with Crippen molar-refractivity contribution in [3.05, 3.63) is 107 Å². The quantitative estimate of drug-likeness (QED) is 0.474. The Bertz CT molecular complexity index is 1400. The molecule has 2 N–H and O–H groups in total. The number of benzene rings is 3. The van der Waals surface area contributed by atoms with E-state index in [0.29, 0.717) is 24.6 Å². The summed E-state index contributed by atoms with van der Waals surface area (Å²) in [6.07, 6.45) is 0.449. The predicted molar refractivity (Wildman–Crippen MR) is 121 cm³/mol. The Kier molecular flexibility index (Phi) is 5.53. The Morgan fingerprint density at radius 3 is 2.24 bits per heavy atom. The zero-order chi connectivity index (χ0) is 23.0. The van der Waals surface area contributed by atoms with E-state index in [2.05, 4.69) is 22.1 Å². The van der Waals surface area contributed by atoms with Gasteiger partial charge in [0.15, 0.2) is 5.82 Å². The first-order valence-corrected chi connectivity index (χ1v) is 12.0. The van der Waals surface area contributed by atoms with E-state index in [1.807, 2.05) is 42.5 Å². The van der Waals surface area contributed by atoms with E-state index in [4.69, 9.17) is 10.1 Å². The van der Waals surface area contributed by atoms with E-state index in [1.54, 1.807) is 0 Å². The summed E-state index contributed by atoms with van der Waals surface area (Å²) in [5, 5.41) is 9.74. The van der Waals surface area contributed by atoms with Gasteiger partial charge in [-0.1, -0.05) is 54.6 Å². The average molecular weight is 464 g/mol. The minimum absolute atomic E-state index is 0.122. The first kappa shape index (κ1) is 21.4. The summed E-state index contributed by atoms with van der Waals surface area (Å²) in [6, 6.07) is 21.6. The van der Waals surface area contributed by atoms with Crippen molar-refractivity contribution in [3.63, 3.8) is 0 Å². The van der Waals surface area contributed by atoms with Crippen LogP contribution in [0.5, 0.6) is 0 Å². The van der Waals surface area contributed by atoms with Gasteiger partial charge in [0.05, 0.1) is 11.4 Å². The van der Waals surface area contributed by atoms with Crippen LogP contribution in [0.4, 0.5) is 4.39 Å². The summed E-state index contributed by atoms with van der Waals surface area (Å²) in [6.45, 7) is 2.12. The van der Waals surface area contributed by atoms with Crippen LogP contribution in [-0.2, 0) is 36.1 Å². The lowest BCUT2D eigenvalue weighted by molar-refractivity contribution is 0.268. The van der Waals surface area contributed by atoms with Gasteiger partial charge < -0.3 is 0 Å². The number of hydrogen-bond donors (Lipinski definition) is 1. The van der Waals surface area contributed by atoms with Crippen LogP contribution in [0.3, 0.4) is 0 Å². The third-order valence-corrected chi connectivity index (χ3v) is 6.58. The summed E-state index contributed by atoms with van der Waals surface area (Å²) >= 11 is 0. The standard InChI is InChI=1S/C24H22FN5O2S/c25-21-13-20(33(26,31)32)10-11-22(21)30-24(12-17-6-2-1-3-7-17)27-23(28-30)16-29-14-18-8-4-5-9-19(18)15-29/h1-11,13H,12,14-16H2,(H2,26,31,32). The summed E-state index contributed by atoms with van der Waals surface area (Å²) in [7, 11) is -4.01. The molecule has 1 aliphatic rings. The number of fused-ring (bicyclic) bond motifs is 1. The number of primary sulfonamides is 1. The van der Waals surface area contributed by atoms with Crippen LogP contribution >= 0.6 is 0 Å². The predicted octanol–water partition coefficient (Wildman–Crippen LogP) is 3.16. The third kappa shape index (κ3) is 4.56. The second-order valence-electron chi connectivity index (χ2n) is 8.09. The summed E-state index contributed by atoms with van der Waals surface area (Å²) in [5.74, 6) is 0.402. The van der Waals surface area contributed by atoms with Crippen molar-refractivity contribution >= 4 is 10.0 Å². The number of nitrogens with zero attached hydrogens (tertiary/aromatic N) is 4. The zero-order valence-corrected chi connectivity index (χ0v) is 18.5. The molecule has 0 bridgehead atoms. The van der Waals surface area contributed by atoms with Gasteiger partial charge in [-0.25, -0.2) is 27.6 Å². The molecule has 0 amide bonds. The molecule has 5 rings (SSSR count). The number of nitrogens with two attached hydrogens (primary N) is 1. The number of halogens is 1. The van der Waals surface area contributed by atoms with Crippen molar-refractivity contribution in [2.24, 2.45) is 5.14 Å². The van der Waals surface area contributed by atoms with Gasteiger partial charge in [-0.05, 0) is 34.9 Å². The molecule has 3 aromatic carbocycles.